The predicted octanol–water partition coefficient (Wildman–Crippen LogP) is 2.77. The predicted molar refractivity (Wildman–Crippen MR) is 66.9 cm³/mol. The van der Waals surface area contributed by atoms with Crippen LogP contribution in [-0.2, 0) is 17.2 Å². The van der Waals surface area contributed by atoms with Crippen LogP contribution in [0.4, 0.5) is 0 Å². The van der Waals surface area contributed by atoms with Crippen LogP contribution in [0.15, 0.2) is 52.3 Å². The molecule has 1 aliphatic heterocycles. The average Bonchev–Trinajstić information content (AvgIpc) is 2.38. The Bertz CT molecular complexity index is 605. The Morgan fingerprint density at radius 2 is 1.82 bits per heavy atom. The van der Waals surface area contributed by atoms with Gasteiger partial charge in [-0.1, -0.05) is 30.3 Å². The van der Waals surface area contributed by atoms with Gasteiger partial charge >= 0.3 is 0 Å². The molecule has 0 radical (unpaired) electrons. The summed E-state index contributed by atoms with van der Waals surface area (Å²) in [5.74, 6) is 0.718. The van der Waals surface area contributed by atoms with Gasteiger partial charge in [-0.3, -0.25) is 0 Å². The van der Waals surface area contributed by atoms with Crippen LogP contribution < -0.4 is 4.74 Å². The van der Waals surface area contributed by atoms with Gasteiger partial charge in [0.05, 0.1) is 22.8 Å². The van der Waals surface area contributed by atoms with E-state index in [1.165, 1.54) is 0 Å². The van der Waals surface area contributed by atoms with Crippen LogP contribution in [0.25, 0.3) is 0 Å². The lowest BCUT2D eigenvalue weighted by Crippen LogP contribution is -2.10. The molecule has 0 amide bonds. The Morgan fingerprint density at radius 1 is 1.06 bits per heavy atom. The van der Waals surface area contributed by atoms with Crippen LogP contribution in [0, 0.1) is 0 Å². The summed E-state index contributed by atoms with van der Waals surface area (Å²) in [6.07, 6.45) is 0.828. The summed E-state index contributed by atoms with van der Waals surface area (Å²) in [5, 5.41) is 0. The summed E-state index contributed by atoms with van der Waals surface area (Å²) in [6, 6.07) is 13.7. The van der Waals surface area contributed by atoms with E-state index in [1.807, 2.05) is 42.5 Å². The molecule has 2 aromatic rings. The van der Waals surface area contributed by atoms with Crippen LogP contribution in [0.2, 0.25) is 0 Å². The number of ether oxygens (including phenoxy) is 1. The molecule has 1 aliphatic rings. The van der Waals surface area contributed by atoms with E-state index in [1.54, 1.807) is 7.11 Å². The summed E-state index contributed by atoms with van der Waals surface area (Å²) >= 11 is 0. The molecule has 1 unspecified atom stereocenters. The van der Waals surface area contributed by atoms with Crippen LogP contribution in [-0.4, -0.2) is 11.3 Å². The highest BCUT2D eigenvalue weighted by molar-refractivity contribution is 7.85. The maximum absolute atomic E-state index is 12.5. The van der Waals surface area contributed by atoms with Crippen LogP contribution >= 0.6 is 0 Å². The van der Waals surface area contributed by atoms with Crippen LogP contribution in [0.5, 0.6) is 5.75 Å². The fraction of sp³-hybridized carbons (Fsp3) is 0.143. The minimum atomic E-state index is -1.13. The van der Waals surface area contributed by atoms with Gasteiger partial charge in [-0.05, 0) is 29.7 Å². The van der Waals surface area contributed by atoms with Crippen molar-refractivity contribution >= 4 is 10.8 Å². The molecule has 0 aliphatic carbocycles. The molecule has 0 saturated heterocycles. The second kappa shape index (κ2) is 4.00. The standard InChI is InChI=1S/C14H12O2S/c1-16-12-7-4-6-11-9-10-5-2-3-8-13(10)17(15)14(11)12/h2-8H,9H2,1H3. The second-order valence-corrected chi connectivity index (χ2v) is 5.39. The number of hydrogen-bond donors (Lipinski definition) is 0. The van der Waals surface area contributed by atoms with Crippen molar-refractivity contribution in [1.82, 2.24) is 0 Å². The molecule has 17 heavy (non-hydrogen) atoms. The Hall–Kier alpha value is -1.61. The number of benzene rings is 2. The molecule has 0 fully saturated rings. The summed E-state index contributed by atoms with van der Waals surface area (Å²) in [7, 11) is 0.492. The topological polar surface area (TPSA) is 26.3 Å². The van der Waals surface area contributed by atoms with Gasteiger partial charge in [-0.15, -0.1) is 0 Å². The first-order valence-electron chi connectivity index (χ1n) is 5.47. The average molecular weight is 244 g/mol. The van der Waals surface area contributed by atoms with Crippen LogP contribution in [0.1, 0.15) is 11.1 Å². The minimum absolute atomic E-state index is 0.718. The third-order valence-electron chi connectivity index (χ3n) is 3.02. The molecule has 0 N–H and O–H groups in total. The normalized spacial score (nSPS) is 17.1. The van der Waals surface area contributed by atoms with Gasteiger partial charge in [0, 0.05) is 4.90 Å². The van der Waals surface area contributed by atoms with E-state index in [9.17, 15) is 4.21 Å². The Labute approximate surface area is 103 Å². The van der Waals surface area contributed by atoms with Crippen molar-refractivity contribution in [1.29, 1.82) is 0 Å². The van der Waals surface area contributed by atoms with Gasteiger partial charge in [0.2, 0.25) is 0 Å². The Kier molecular flexibility index (Phi) is 2.48. The summed E-state index contributed by atoms with van der Waals surface area (Å²) in [4.78, 5) is 1.73. The summed E-state index contributed by atoms with van der Waals surface area (Å²) in [6.45, 7) is 0. The molecule has 86 valence electrons. The molecular weight excluding hydrogens is 232 g/mol. The third kappa shape index (κ3) is 1.58. The van der Waals surface area contributed by atoms with E-state index in [0.717, 1.165) is 33.1 Å². The zero-order valence-corrected chi connectivity index (χ0v) is 10.3. The van der Waals surface area contributed by atoms with Crippen molar-refractivity contribution in [3.8, 4) is 5.75 Å². The molecule has 0 bridgehead atoms. The highest BCUT2D eigenvalue weighted by atomic mass is 32.2. The van der Waals surface area contributed by atoms with Crippen molar-refractivity contribution < 1.29 is 8.95 Å². The van der Waals surface area contributed by atoms with Gasteiger partial charge in [0.25, 0.3) is 0 Å². The van der Waals surface area contributed by atoms with E-state index < -0.39 is 10.8 Å². The summed E-state index contributed by atoms with van der Waals surface area (Å²) < 4.78 is 17.8. The molecule has 3 rings (SSSR count). The van der Waals surface area contributed by atoms with E-state index >= 15 is 0 Å². The maximum atomic E-state index is 12.5. The van der Waals surface area contributed by atoms with Crippen molar-refractivity contribution in [3.05, 3.63) is 53.6 Å². The largest absolute Gasteiger partial charge is 0.495 e. The highest BCUT2D eigenvalue weighted by Crippen LogP contribution is 2.36. The lowest BCUT2D eigenvalue weighted by atomic mass is 10.0. The van der Waals surface area contributed by atoms with E-state index in [4.69, 9.17) is 4.74 Å². The van der Waals surface area contributed by atoms with Crippen molar-refractivity contribution in [2.45, 2.75) is 16.2 Å². The van der Waals surface area contributed by atoms with Crippen molar-refractivity contribution in [3.63, 3.8) is 0 Å². The summed E-state index contributed by atoms with van der Waals surface area (Å²) in [5.41, 5.74) is 2.24. The molecule has 2 aromatic carbocycles. The van der Waals surface area contributed by atoms with Gasteiger partial charge in [-0.25, -0.2) is 4.21 Å². The molecule has 1 atom stereocenters. The lowest BCUT2D eigenvalue weighted by Gasteiger charge is -2.20. The monoisotopic (exact) mass is 244 g/mol. The maximum Gasteiger partial charge on any atom is 0.135 e. The molecule has 3 heteroatoms. The third-order valence-corrected chi connectivity index (χ3v) is 4.65. The van der Waals surface area contributed by atoms with Crippen LogP contribution in [0.3, 0.4) is 0 Å². The minimum Gasteiger partial charge on any atom is -0.495 e. The second-order valence-electron chi connectivity index (χ2n) is 4.00. The lowest BCUT2D eigenvalue weighted by molar-refractivity contribution is 0.402. The number of fused-ring (bicyclic) bond motifs is 2. The number of methoxy groups -OCH3 is 1. The molecule has 0 aromatic heterocycles. The fourth-order valence-corrected chi connectivity index (χ4v) is 3.73. The van der Waals surface area contributed by atoms with E-state index in [0.29, 0.717) is 0 Å². The quantitative estimate of drug-likeness (QED) is 0.658. The zero-order valence-electron chi connectivity index (χ0n) is 9.47. The first kappa shape index (κ1) is 10.5. The first-order chi connectivity index (χ1) is 8.31. The van der Waals surface area contributed by atoms with E-state index in [-0.39, 0.29) is 0 Å². The van der Waals surface area contributed by atoms with Gasteiger partial charge in [0.15, 0.2) is 0 Å². The molecule has 1 heterocycles. The number of rotatable bonds is 1. The highest BCUT2D eigenvalue weighted by Gasteiger charge is 2.24. The SMILES string of the molecule is COc1cccc2c1S(=O)c1ccccc1C2. The van der Waals surface area contributed by atoms with Crippen molar-refractivity contribution in [2.24, 2.45) is 0 Å². The smallest absolute Gasteiger partial charge is 0.135 e. The Morgan fingerprint density at radius 3 is 2.65 bits per heavy atom. The molecule has 0 saturated carbocycles. The molecular formula is C14H12O2S. The van der Waals surface area contributed by atoms with Crippen molar-refractivity contribution in [2.75, 3.05) is 7.11 Å². The van der Waals surface area contributed by atoms with E-state index in [2.05, 4.69) is 0 Å². The fourth-order valence-electron chi connectivity index (χ4n) is 2.22. The van der Waals surface area contributed by atoms with Gasteiger partial charge in [-0.2, -0.15) is 0 Å². The molecule has 2 nitrogen and oxygen atoms in total. The Balaban J connectivity index is 2.24. The molecule has 0 spiro atoms. The zero-order chi connectivity index (χ0) is 11.8. The van der Waals surface area contributed by atoms with Gasteiger partial charge in [0.1, 0.15) is 5.75 Å². The first-order valence-corrected chi connectivity index (χ1v) is 6.62. The number of hydrogen-bond acceptors (Lipinski definition) is 2. The van der Waals surface area contributed by atoms with Gasteiger partial charge < -0.3 is 4.74 Å².